The van der Waals surface area contributed by atoms with Crippen molar-refractivity contribution in [1.82, 2.24) is 10.6 Å². The van der Waals surface area contributed by atoms with Gasteiger partial charge in [0.05, 0.1) is 12.3 Å². The number of benzene rings is 3. The second-order valence-corrected chi connectivity index (χ2v) is 9.09. The van der Waals surface area contributed by atoms with Crippen molar-refractivity contribution in [3.8, 4) is 0 Å². The predicted octanol–water partition coefficient (Wildman–Crippen LogP) is 5.54. The molecule has 0 bridgehead atoms. The third-order valence-electron chi connectivity index (χ3n) is 5.82. The smallest absolute Gasteiger partial charge is 0.374 e. The molecule has 0 spiro atoms. The fourth-order valence-corrected chi connectivity index (χ4v) is 4.61. The van der Waals surface area contributed by atoms with Crippen LogP contribution in [0.2, 0.25) is 10.0 Å². The number of halogens is 6. The lowest BCUT2D eigenvalue weighted by molar-refractivity contribution is -0.275. The zero-order chi connectivity index (χ0) is 26.8. The lowest BCUT2D eigenvalue weighted by atomic mass is 9.85. The van der Waals surface area contributed by atoms with Crippen molar-refractivity contribution < 1.29 is 32.0 Å². The first-order valence-corrected chi connectivity index (χ1v) is 11.7. The molecule has 1 aliphatic heterocycles. The van der Waals surface area contributed by atoms with Crippen molar-refractivity contribution in [2.24, 2.45) is 5.16 Å². The van der Waals surface area contributed by atoms with Gasteiger partial charge in [-0.1, -0.05) is 58.7 Å². The van der Waals surface area contributed by atoms with E-state index >= 15 is 0 Å². The molecule has 1 aliphatic rings. The van der Waals surface area contributed by atoms with Crippen LogP contribution in [0, 0.1) is 0 Å². The molecule has 3 aromatic carbocycles. The average molecular weight is 556 g/mol. The quantitative estimate of drug-likeness (QED) is 0.375. The molecule has 0 radical (unpaired) electrons. The van der Waals surface area contributed by atoms with Crippen molar-refractivity contribution in [3.63, 3.8) is 0 Å². The zero-order valence-electron chi connectivity index (χ0n) is 19.0. The number of amides is 2. The molecular formula is C25H19Cl2F4N3O3. The van der Waals surface area contributed by atoms with Gasteiger partial charge < -0.3 is 15.5 Å². The summed E-state index contributed by atoms with van der Waals surface area (Å²) in [5.74, 6) is -1.14. The van der Waals surface area contributed by atoms with E-state index in [1.807, 2.05) is 0 Å². The van der Waals surface area contributed by atoms with E-state index in [1.54, 1.807) is 24.3 Å². The van der Waals surface area contributed by atoms with Gasteiger partial charge in [-0.25, -0.2) is 4.39 Å². The summed E-state index contributed by atoms with van der Waals surface area (Å²) in [5, 5.41) is 9.47. The van der Waals surface area contributed by atoms with Gasteiger partial charge in [0.15, 0.2) is 0 Å². The highest BCUT2D eigenvalue weighted by atomic mass is 35.5. The number of hydrogen-bond acceptors (Lipinski definition) is 4. The molecule has 3 aromatic rings. The maximum atomic E-state index is 14.4. The molecule has 0 fully saturated rings. The van der Waals surface area contributed by atoms with Crippen LogP contribution < -0.4 is 10.6 Å². The first-order chi connectivity index (χ1) is 17.6. The molecule has 0 saturated carbocycles. The van der Waals surface area contributed by atoms with Gasteiger partial charge in [0.2, 0.25) is 5.91 Å². The molecule has 4 rings (SSSR count). The molecule has 12 heteroatoms. The molecule has 1 heterocycles. The third-order valence-corrected chi connectivity index (χ3v) is 6.26. The zero-order valence-corrected chi connectivity index (χ0v) is 20.5. The summed E-state index contributed by atoms with van der Waals surface area (Å²) >= 11 is 11.9. The summed E-state index contributed by atoms with van der Waals surface area (Å²) in [6, 6.07) is 13.1. The summed E-state index contributed by atoms with van der Waals surface area (Å²) < 4.78 is 55.3. The minimum atomic E-state index is -4.86. The maximum Gasteiger partial charge on any atom is 0.435 e. The number of carbonyl (C=O) groups is 2. The molecule has 0 saturated heterocycles. The van der Waals surface area contributed by atoms with Gasteiger partial charge in [0.25, 0.3) is 11.5 Å². The van der Waals surface area contributed by atoms with E-state index in [0.717, 1.165) is 12.1 Å². The Hall–Kier alpha value is -3.37. The van der Waals surface area contributed by atoms with Gasteiger partial charge in [-0.3, -0.25) is 9.59 Å². The maximum absolute atomic E-state index is 14.4. The molecule has 6 nitrogen and oxygen atoms in total. The van der Waals surface area contributed by atoms with Crippen molar-refractivity contribution in [2.45, 2.75) is 18.2 Å². The lowest BCUT2D eigenvalue weighted by Crippen LogP contribution is -2.42. The Bertz CT molecular complexity index is 1380. The summed E-state index contributed by atoms with van der Waals surface area (Å²) in [6.07, 6.45) is -5.51. The second-order valence-electron chi connectivity index (χ2n) is 8.22. The first kappa shape index (κ1) is 26.7. The number of nitrogens with one attached hydrogen (secondary N) is 2. The minimum Gasteiger partial charge on any atom is -0.374 e. The van der Waals surface area contributed by atoms with Crippen LogP contribution in [0.3, 0.4) is 0 Å². The van der Waals surface area contributed by atoms with E-state index in [9.17, 15) is 27.2 Å². The topological polar surface area (TPSA) is 79.8 Å². The van der Waals surface area contributed by atoms with Crippen molar-refractivity contribution in [2.75, 3.05) is 19.8 Å². The van der Waals surface area contributed by atoms with Gasteiger partial charge in [-0.15, -0.1) is 0 Å². The highest BCUT2D eigenvalue weighted by Crippen LogP contribution is 2.50. The molecule has 0 aromatic heterocycles. The van der Waals surface area contributed by atoms with Crippen LogP contribution in [-0.2, 0) is 15.2 Å². The normalized spacial score (nSPS) is 17.3. The van der Waals surface area contributed by atoms with E-state index in [1.165, 1.54) is 18.2 Å². The Morgan fingerprint density at radius 3 is 2.32 bits per heavy atom. The number of oxime groups is 1. The van der Waals surface area contributed by atoms with Crippen LogP contribution >= 0.6 is 23.2 Å². The van der Waals surface area contributed by atoms with Gasteiger partial charge >= 0.3 is 6.18 Å². The largest absolute Gasteiger partial charge is 0.435 e. The van der Waals surface area contributed by atoms with Gasteiger partial charge in [0, 0.05) is 39.7 Å². The third kappa shape index (κ3) is 5.35. The number of alkyl halides is 4. The summed E-state index contributed by atoms with van der Waals surface area (Å²) in [4.78, 5) is 29.5. The van der Waals surface area contributed by atoms with E-state index in [-0.39, 0.29) is 40.0 Å². The van der Waals surface area contributed by atoms with E-state index < -0.39 is 36.7 Å². The van der Waals surface area contributed by atoms with E-state index in [4.69, 9.17) is 28.0 Å². The van der Waals surface area contributed by atoms with E-state index in [2.05, 4.69) is 15.8 Å². The monoisotopic (exact) mass is 555 g/mol. The number of rotatable bonds is 7. The highest BCUT2D eigenvalue weighted by molar-refractivity contribution is 6.34. The number of fused-ring (bicyclic) bond motifs is 1. The van der Waals surface area contributed by atoms with Crippen molar-refractivity contribution in [1.29, 1.82) is 0 Å². The lowest BCUT2D eigenvalue weighted by Gasteiger charge is -2.29. The van der Waals surface area contributed by atoms with Crippen molar-refractivity contribution in [3.05, 3.63) is 81.3 Å². The van der Waals surface area contributed by atoms with Crippen LogP contribution in [0.1, 0.15) is 27.9 Å². The van der Waals surface area contributed by atoms with Gasteiger partial charge in [-0.2, -0.15) is 13.2 Å². The molecule has 1 atom stereocenters. The van der Waals surface area contributed by atoms with E-state index in [0.29, 0.717) is 16.3 Å². The number of carbonyl (C=O) groups excluding carboxylic acids is 2. The fraction of sp³-hybridized carbons (Fsp3) is 0.240. The minimum absolute atomic E-state index is 0.0159. The molecule has 2 N–H and O–H groups in total. The molecule has 194 valence electrons. The van der Waals surface area contributed by atoms with Gasteiger partial charge in [-0.05, 0) is 35.0 Å². The SMILES string of the molecule is O=C(CNC(=O)c1ccc(C2=NOC(c3cc(Cl)cc(Cl)c3)(C(F)(F)F)C2)c2ccccc12)NCCF. The van der Waals surface area contributed by atoms with Gasteiger partial charge in [0.1, 0.15) is 6.67 Å². The van der Waals surface area contributed by atoms with Crippen LogP contribution in [0.15, 0.2) is 59.8 Å². The highest BCUT2D eigenvalue weighted by Gasteiger charge is 2.62. The number of hydrogen-bond donors (Lipinski definition) is 2. The Kier molecular flexibility index (Phi) is 7.61. The molecular weight excluding hydrogens is 537 g/mol. The molecule has 37 heavy (non-hydrogen) atoms. The summed E-state index contributed by atoms with van der Waals surface area (Å²) in [5.41, 5.74) is -2.54. The Morgan fingerprint density at radius 1 is 1.00 bits per heavy atom. The van der Waals surface area contributed by atoms with Crippen LogP contribution in [0.5, 0.6) is 0 Å². The Labute approximate surface area is 218 Å². The van der Waals surface area contributed by atoms with Crippen LogP contribution in [0.4, 0.5) is 17.6 Å². The average Bonchev–Trinajstić information content (AvgIpc) is 3.32. The standard InChI is InChI=1S/C25H19Cl2F4N3O3/c26-15-9-14(10-16(27)11-15)24(25(29,30)31)12-21(34-37-24)19-5-6-20(18-4-2-1-3-17(18)19)23(36)33-13-22(35)32-8-7-28/h1-6,9-11H,7-8,12-13H2,(H,32,35)(H,33,36). The Balaban J connectivity index is 1.67. The molecule has 1 unspecified atom stereocenters. The van der Waals surface area contributed by atoms with Crippen molar-refractivity contribution >= 4 is 51.5 Å². The summed E-state index contributed by atoms with van der Waals surface area (Å²) in [7, 11) is 0. The number of nitrogens with zero attached hydrogens (tertiary/aromatic N) is 1. The summed E-state index contributed by atoms with van der Waals surface area (Å²) in [6.45, 7) is -1.28. The Morgan fingerprint density at radius 2 is 1.68 bits per heavy atom. The predicted molar refractivity (Wildman–Crippen MR) is 132 cm³/mol. The second kappa shape index (κ2) is 10.5. The first-order valence-electron chi connectivity index (χ1n) is 11.0. The van der Waals surface area contributed by atoms with Crippen LogP contribution in [0.25, 0.3) is 10.8 Å². The fourth-order valence-electron chi connectivity index (χ4n) is 4.09. The molecule has 0 aliphatic carbocycles. The van der Waals surface area contributed by atoms with Crippen LogP contribution in [-0.4, -0.2) is 43.5 Å². The molecule has 2 amide bonds.